The molecule has 5 rings (SSSR count). The van der Waals surface area contributed by atoms with E-state index < -0.39 is 0 Å². The molecule has 0 amide bonds. The number of fused-ring (bicyclic) bond motifs is 3. The lowest BCUT2D eigenvalue weighted by molar-refractivity contribution is 0.354. The van der Waals surface area contributed by atoms with Gasteiger partial charge in [-0.3, -0.25) is 18.3 Å². The van der Waals surface area contributed by atoms with Crippen LogP contribution in [0, 0.1) is 6.92 Å². The maximum Gasteiger partial charge on any atom is 0.332 e. The van der Waals surface area contributed by atoms with Crippen LogP contribution in [0.15, 0.2) is 64.3 Å². The number of imidazole rings is 2. The van der Waals surface area contributed by atoms with Crippen molar-refractivity contribution in [2.45, 2.75) is 26.4 Å². The topological polar surface area (TPSA) is 84.7 Å². The number of nitrogens with zero attached hydrogens (tertiary/aromatic N) is 5. The first kappa shape index (κ1) is 22.5. The van der Waals surface area contributed by atoms with Crippen LogP contribution in [0.5, 0.6) is 11.5 Å². The first-order valence-corrected chi connectivity index (χ1v) is 11.4. The van der Waals surface area contributed by atoms with Crippen LogP contribution in [0.25, 0.3) is 16.9 Å². The highest BCUT2D eigenvalue weighted by Crippen LogP contribution is 2.28. The first-order valence-electron chi connectivity index (χ1n) is 11.4. The zero-order chi connectivity index (χ0) is 24.7. The van der Waals surface area contributed by atoms with Crippen LogP contribution in [0.4, 0.5) is 0 Å². The number of rotatable bonds is 7. The molecule has 0 unspecified atom stereocenters. The van der Waals surface area contributed by atoms with Crippen molar-refractivity contribution in [3.63, 3.8) is 0 Å². The van der Waals surface area contributed by atoms with Crippen LogP contribution in [-0.2, 0) is 26.6 Å². The number of aromatic nitrogens is 5. The van der Waals surface area contributed by atoms with E-state index in [0.717, 1.165) is 23.2 Å². The second-order valence-corrected chi connectivity index (χ2v) is 8.53. The summed E-state index contributed by atoms with van der Waals surface area (Å²) in [5.74, 6) is 1.99. The molecule has 0 aliphatic heterocycles. The molecule has 3 heterocycles. The Hall–Kier alpha value is -4.27. The monoisotopic (exact) mass is 473 g/mol. The molecule has 0 saturated carbocycles. The SMILES string of the molecule is COc1ccc(CCn2c(C)cn3c4c(=O)n(Cc5ccccc5)c(=O)n(C)c4nc23)cc1OC. The predicted octanol–water partition coefficient (Wildman–Crippen LogP) is 2.77. The van der Waals surface area contributed by atoms with E-state index in [0.29, 0.717) is 35.0 Å². The molecular formula is C26H27N5O4. The molecule has 9 heteroatoms. The van der Waals surface area contributed by atoms with Crippen molar-refractivity contribution in [3.8, 4) is 11.5 Å². The maximum atomic E-state index is 13.5. The second-order valence-electron chi connectivity index (χ2n) is 8.53. The van der Waals surface area contributed by atoms with E-state index in [4.69, 9.17) is 14.5 Å². The van der Waals surface area contributed by atoms with Gasteiger partial charge < -0.3 is 14.0 Å². The smallest absolute Gasteiger partial charge is 0.332 e. The highest BCUT2D eigenvalue weighted by atomic mass is 16.5. The summed E-state index contributed by atoms with van der Waals surface area (Å²) in [6, 6.07) is 15.3. The van der Waals surface area contributed by atoms with E-state index in [9.17, 15) is 9.59 Å². The second kappa shape index (κ2) is 8.83. The Morgan fingerprint density at radius 1 is 0.914 bits per heavy atom. The van der Waals surface area contributed by atoms with Gasteiger partial charge in [-0.2, -0.15) is 4.98 Å². The highest BCUT2D eigenvalue weighted by molar-refractivity contribution is 5.75. The summed E-state index contributed by atoms with van der Waals surface area (Å²) in [6.07, 6.45) is 2.63. The number of hydrogen-bond acceptors (Lipinski definition) is 5. The van der Waals surface area contributed by atoms with E-state index in [2.05, 4.69) is 4.57 Å². The number of benzene rings is 2. The Labute approximate surface area is 201 Å². The molecule has 0 spiro atoms. The largest absolute Gasteiger partial charge is 0.493 e. The van der Waals surface area contributed by atoms with E-state index in [-0.39, 0.29) is 17.8 Å². The van der Waals surface area contributed by atoms with E-state index in [1.807, 2.05) is 61.7 Å². The minimum absolute atomic E-state index is 0.203. The molecule has 0 bridgehead atoms. The molecule has 0 saturated heterocycles. The highest BCUT2D eigenvalue weighted by Gasteiger charge is 2.20. The quantitative estimate of drug-likeness (QED) is 0.363. The summed E-state index contributed by atoms with van der Waals surface area (Å²) in [4.78, 5) is 31.2. The third kappa shape index (κ3) is 3.78. The van der Waals surface area contributed by atoms with Gasteiger partial charge in [0.2, 0.25) is 5.78 Å². The maximum absolute atomic E-state index is 13.5. The molecule has 0 fully saturated rings. The van der Waals surface area contributed by atoms with Gasteiger partial charge in [-0.1, -0.05) is 36.4 Å². The van der Waals surface area contributed by atoms with Gasteiger partial charge in [-0.05, 0) is 36.6 Å². The lowest BCUT2D eigenvalue weighted by Crippen LogP contribution is -2.39. The fraction of sp³-hybridized carbons (Fsp3) is 0.269. The Bertz CT molecular complexity index is 1660. The van der Waals surface area contributed by atoms with Crippen LogP contribution in [0.2, 0.25) is 0 Å². The van der Waals surface area contributed by atoms with Crippen LogP contribution < -0.4 is 20.7 Å². The molecule has 0 atom stereocenters. The molecule has 0 aliphatic carbocycles. The Morgan fingerprint density at radius 2 is 1.66 bits per heavy atom. The van der Waals surface area contributed by atoms with Crippen molar-refractivity contribution in [3.05, 3.63) is 92.4 Å². The van der Waals surface area contributed by atoms with Crippen LogP contribution in [-0.4, -0.2) is 37.3 Å². The van der Waals surface area contributed by atoms with E-state index >= 15 is 0 Å². The summed E-state index contributed by atoms with van der Waals surface area (Å²) >= 11 is 0. The minimum atomic E-state index is -0.388. The molecule has 2 aromatic carbocycles. The Morgan fingerprint density at radius 3 is 2.37 bits per heavy atom. The third-order valence-corrected chi connectivity index (χ3v) is 6.40. The first-order chi connectivity index (χ1) is 16.9. The zero-order valence-electron chi connectivity index (χ0n) is 20.2. The van der Waals surface area contributed by atoms with E-state index in [1.54, 1.807) is 25.7 Å². The fourth-order valence-electron chi connectivity index (χ4n) is 4.51. The van der Waals surface area contributed by atoms with Crippen molar-refractivity contribution < 1.29 is 9.47 Å². The molecule has 35 heavy (non-hydrogen) atoms. The summed E-state index contributed by atoms with van der Waals surface area (Å²) in [5.41, 5.74) is 2.97. The van der Waals surface area contributed by atoms with Crippen molar-refractivity contribution >= 4 is 16.9 Å². The van der Waals surface area contributed by atoms with Gasteiger partial charge in [-0.25, -0.2) is 4.79 Å². The molecule has 3 aromatic heterocycles. The lowest BCUT2D eigenvalue weighted by atomic mass is 10.1. The average molecular weight is 474 g/mol. The van der Waals surface area contributed by atoms with Gasteiger partial charge in [-0.15, -0.1) is 0 Å². The summed E-state index contributed by atoms with van der Waals surface area (Å²) < 4.78 is 17.3. The van der Waals surface area contributed by atoms with Gasteiger partial charge in [0.05, 0.1) is 20.8 Å². The molecule has 180 valence electrons. The molecular weight excluding hydrogens is 446 g/mol. The fourth-order valence-corrected chi connectivity index (χ4v) is 4.51. The number of ether oxygens (including phenoxy) is 2. The average Bonchev–Trinajstić information content (AvgIpc) is 3.39. The van der Waals surface area contributed by atoms with Crippen molar-refractivity contribution in [2.75, 3.05) is 14.2 Å². The normalized spacial score (nSPS) is 11.4. The van der Waals surface area contributed by atoms with Gasteiger partial charge in [0.1, 0.15) is 0 Å². The van der Waals surface area contributed by atoms with Gasteiger partial charge >= 0.3 is 5.69 Å². The number of aryl methyl sites for hydroxylation is 4. The standard InChI is InChI=1S/C26H27N5O4/c1-17-15-30-22-23(28(2)26(33)31(24(22)32)16-19-8-6-5-7-9-19)27-25(30)29(17)13-12-18-10-11-20(34-3)21(14-18)35-4/h5-11,14-15H,12-13,16H2,1-4H3. The summed E-state index contributed by atoms with van der Waals surface area (Å²) in [5, 5.41) is 0. The van der Waals surface area contributed by atoms with Crippen molar-refractivity contribution in [2.24, 2.45) is 7.05 Å². The van der Waals surface area contributed by atoms with Gasteiger partial charge in [0.25, 0.3) is 5.56 Å². The van der Waals surface area contributed by atoms with E-state index in [1.165, 1.54) is 9.13 Å². The number of methoxy groups -OCH3 is 2. The van der Waals surface area contributed by atoms with Crippen molar-refractivity contribution in [1.29, 1.82) is 0 Å². The van der Waals surface area contributed by atoms with Crippen LogP contribution in [0.3, 0.4) is 0 Å². The summed E-state index contributed by atoms with van der Waals surface area (Å²) in [6.45, 7) is 2.83. The lowest BCUT2D eigenvalue weighted by Gasteiger charge is -2.10. The number of hydrogen-bond donors (Lipinski definition) is 0. The minimum Gasteiger partial charge on any atom is -0.493 e. The van der Waals surface area contributed by atoms with Crippen LogP contribution >= 0.6 is 0 Å². The molecule has 0 radical (unpaired) electrons. The van der Waals surface area contributed by atoms with Crippen molar-refractivity contribution in [1.82, 2.24) is 23.1 Å². The third-order valence-electron chi connectivity index (χ3n) is 6.40. The van der Waals surface area contributed by atoms with Gasteiger partial charge in [0, 0.05) is 25.5 Å². The molecule has 9 nitrogen and oxygen atoms in total. The zero-order valence-corrected chi connectivity index (χ0v) is 20.2. The van der Waals surface area contributed by atoms with Crippen LogP contribution in [0.1, 0.15) is 16.8 Å². The molecule has 5 aromatic rings. The Kier molecular flexibility index (Phi) is 5.68. The molecule has 0 aliphatic rings. The summed E-state index contributed by atoms with van der Waals surface area (Å²) in [7, 11) is 4.88. The Balaban J connectivity index is 1.57. The predicted molar refractivity (Wildman–Crippen MR) is 134 cm³/mol. The molecule has 0 N–H and O–H groups in total. The van der Waals surface area contributed by atoms with Gasteiger partial charge in [0.15, 0.2) is 22.7 Å².